The van der Waals surface area contributed by atoms with Crippen LogP contribution in [-0.4, -0.2) is 55.2 Å². The third-order valence-electron chi connectivity index (χ3n) is 2.51. The molecule has 0 aliphatic carbocycles. The van der Waals surface area contributed by atoms with Gasteiger partial charge in [-0.25, -0.2) is 4.79 Å². The molecule has 0 fully saturated rings. The molecule has 18 heavy (non-hydrogen) atoms. The van der Waals surface area contributed by atoms with Gasteiger partial charge >= 0.3 is 12.0 Å². The number of carboxylic acids is 1. The number of hydrogen-bond donors (Lipinski definition) is 3. The summed E-state index contributed by atoms with van der Waals surface area (Å²) < 4.78 is 0. The average Bonchev–Trinajstić information content (AvgIpc) is 2.22. The Hall–Kier alpha value is -1.30. The normalized spacial score (nSPS) is 14.1. The molecule has 2 unspecified atom stereocenters. The maximum atomic E-state index is 11.5. The van der Waals surface area contributed by atoms with E-state index < -0.39 is 11.9 Å². The van der Waals surface area contributed by atoms with Gasteiger partial charge in [-0.2, -0.15) is 0 Å². The Bertz CT molecular complexity index is 269. The van der Waals surface area contributed by atoms with E-state index in [0.29, 0.717) is 6.42 Å². The summed E-state index contributed by atoms with van der Waals surface area (Å²) in [6.07, 6.45) is 1.36. The molecule has 0 saturated carbocycles. The lowest BCUT2D eigenvalue weighted by Gasteiger charge is -2.19. The van der Waals surface area contributed by atoms with Crippen molar-refractivity contribution in [1.29, 1.82) is 0 Å². The molecule has 0 aromatic rings. The topological polar surface area (TPSA) is 81.7 Å². The fourth-order valence-electron chi connectivity index (χ4n) is 1.75. The predicted octanol–water partition coefficient (Wildman–Crippen LogP) is 0.737. The van der Waals surface area contributed by atoms with Gasteiger partial charge in [0.25, 0.3) is 0 Å². The Morgan fingerprint density at radius 3 is 2.39 bits per heavy atom. The van der Waals surface area contributed by atoms with Gasteiger partial charge in [-0.05, 0) is 27.4 Å². The first kappa shape index (κ1) is 16.7. The Morgan fingerprint density at radius 1 is 1.33 bits per heavy atom. The highest BCUT2D eigenvalue weighted by atomic mass is 16.4. The van der Waals surface area contributed by atoms with Gasteiger partial charge in [0.05, 0.1) is 5.92 Å². The smallest absolute Gasteiger partial charge is 0.315 e. The molecule has 0 bridgehead atoms. The van der Waals surface area contributed by atoms with Crippen LogP contribution in [-0.2, 0) is 4.79 Å². The van der Waals surface area contributed by atoms with E-state index in [0.717, 1.165) is 13.0 Å². The van der Waals surface area contributed by atoms with E-state index in [4.69, 9.17) is 5.11 Å². The summed E-state index contributed by atoms with van der Waals surface area (Å²) >= 11 is 0. The molecule has 0 aromatic carbocycles. The molecule has 0 aromatic heterocycles. The number of amides is 2. The second-order valence-electron chi connectivity index (χ2n) is 4.84. The van der Waals surface area contributed by atoms with E-state index >= 15 is 0 Å². The third kappa shape index (κ3) is 7.89. The van der Waals surface area contributed by atoms with Gasteiger partial charge in [-0.15, -0.1) is 0 Å². The van der Waals surface area contributed by atoms with Crippen molar-refractivity contribution in [2.24, 2.45) is 5.92 Å². The Kier molecular flexibility index (Phi) is 8.11. The van der Waals surface area contributed by atoms with Crippen molar-refractivity contribution in [2.45, 2.75) is 32.7 Å². The molecule has 2 atom stereocenters. The monoisotopic (exact) mass is 259 g/mol. The summed E-state index contributed by atoms with van der Waals surface area (Å²) in [7, 11) is 3.86. The van der Waals surface area contributed by atoms with Gasteiger partial charge in [0.1, 0.15) is 0 Å². The van der Waals surface area contributed by atoms with Crippen molar-refractivity contribution in [1.82, 2.24) is 15.5 Å². The number of urea groups is 1. The number of aliphatic carboxylic acids is 1. The summed E-state index contributed by atoms with van der Waals surface area (Å²) in [6, 6.07) is -0.291. The summed E-state index contributed by atoms with van der Waals surface area (Å²) in [4.78, 5) is 24.4. The number of carbonyl (C=O) groups excluding carboxylic acids is 1. The van der Waals surface area contributed by atoms with Gasteiger partial charge in [-0.1, -0.05) is 13.3 Å². The molecule has 0 spiro atoms. The van der Waals surface area contributed by atoms with Crippen LogP contribution in [0.2, 0.25) is 0 Å². The standard InChI is InChI=1S/C12H25N3O3/c1-5-6-10(11(16)17)7-13-12(18)14-9(2)8-15(3)4/h9-10H,5-8H2,1-4H3,(H,16,17)(H2,13,14,18). The Labute approximate surface area is 109 Å². The number of carboxylic acid groups (broad SMARTS) is 1. The molecular weight excluding hydrogens is 234 g/mol. The van der Waals surface area contributed by atoms with Crippen LogP contribution < -0.4 is 10.6 Å². The van der Waals surface area contributed by atoms with Crippen LogP contribution in [0.15, 0.2) is 0 Å². The first-order valence-corrected chi connectivity index (χ1v) is 6.28. The number of nitrogens with one attached hydrogen (secondary N) is 2. The zero-order valence-electron chi connectivity index (χ0n) is 11.7. The van der Waals surface area contributed by atoms with Crippen molar-refractivity contribution in [2.75, 3.05) is 27.2 Å². The molecule has 0 radical (unpaired) electrons. The molecule has 3 N–H and O–H groups in total. The predicted molar refractivity (Wildman–Crippen MR) is 70.6 cm³/mol. The van der Waals surface area contributed by atoms with E-state index in [9.17, 15) is 9.59 Å². The lowest BCUT2D eigenvalue weighted by atomic mass is 10.0. The van der Waals surface area contributed by atoms with E-state index in [-0.39, 0.29) is 18.6 Å². The zero-order valence-corrected chi connectivity index (χ0v) is 11.7. The molecule has 0 rings (SSSR count). The highest BCUT2D eigenvalue weighted by molar-refractivity contribution is 5.76. The Morgan fingerprint density at radius 2 is 1.94 bits per heavy atom. The molecule has 0 heterocycles. The minimum atomic E-state index is -0.863. The van der Waals surface area contributed by atoms with E-state index in [1.165, 1.54) is 0 Å². The van der Waals surface area contributed by atoms with E-state index in [2.05, 4.69) is 10.6 Å². The van der Waals surface area contributed by atoms with Crippen LogP contribution in [0.3, 0.4) is 0 Å². The quantitative estimate of drug-likeness (QED) is 0.600. The fraction of sp³-hybridized carbons (Fsp3) is 0.833. The molecule has 6 heteroatoms. The maximum absolute atomic E-state index is 11.5. The molecule has 0 saturated heterocycles. The number of likely N-dealkylation sites (N-methyl/N-ethyl adjacent to an activating group) is 1. The first-order valence-electron chi connectivity index (χ1n) is 6.28. The van der Waals surface area contributed by atoms with Crippen molar-refractivity contribution in [3.05, 3.63) is 0 Å². The molecule has 6 nitrogen and oxygen atoms in total. The molecule has 0 aliphatic heterocycles. The first-order chi connectivity index (χ1) is 8.36. The van der Waals surface area contributed by atoms with E-state index in [1.807, 2.05) is 32.8 Å². The second kappa shape index (κ2) is 8.74. The molecule has 0 aliphatic rings. The Balaban J connectivity index is 3.97. The zero-order chi connectivity index (χ0) is 14.1. The number of hydrogen-bond acceptors (Lipinski definition) is 3. The second-order valence-corrected chi connectivity index (χ2v) is 4.84. The molecular formula is C12H25N3O3. The minimum absolute atomic E-state index is 0.0226. The number of carbonyl (C=O) groups is 2. The van der Waals surface area contributed by atoms with Crippen molar-refractivity contribution in [3.8, 4) is 0 Å². The lowest BCUT2D eigenvalue weighted by molar-refractivity contribution is -0.141. The minimum Gasteiger partial charge on any atom is -0.481 e. The molecule has 106 valence electrons. The van der Waals surface area contributed by atoms with Crippen LogP contribution in [0, 0.1) is 5.92 Å². The summed E-state index contributed by atoms with van der Waals surface area (Å²) in [6.45, 7) is 4.74. The molecule has 2 amide bonds. The van der Waals surface area contributed by atoms with Gasteiger partial charge in [0, 0.05) is 19.1 Å². The van der Waals surface area contributed by atoms with Gasteiger partial charge < -0.3 is 20.6 Å². The van der Waals surface area contributed by atoms with Crippen molar-refractivity contribution >= 4 is 12.0 Å². The maximum Gasteiger partial charge on any atom is 0.315 e. The van der Waals surface area contributed by atoms with Crippen LogP contribution in [0.25, 0.3) is 0 Å². The van der Waals surface area contributed by atoms with Crippen LogP contribution in [0.4, 0.5) is 4.79 Å². The summed E-state index contributed by atoms with van der Waals surface area (Å²) in [5.41, 5.74) is 0. The average molecular weight is 259 g/mol. The lowest BCUT2D eigenvalue weighted by Crippen LogP contribution is -2.46. The highest BCUT2D eigenvalue weighted by Gasteiger charge is 2.17. The van der Waals surface area contributed by atoms with E-state index in [1.54, 1.807) is 0 Å². The van der Waals surface area contributed by atoms with Gasteiger partial charge in [0.15, 0.2) is 0 Å². The van der Waals surface area contributed by atoms with Crippen LogP contribution in [0.1, 0.15) is 26.7 Å². The van der Waals surface area contributed by atoms with Crippen LogP contribution >= 0.6 is 0 Å². The van der Waals surface area contributed by atoms with Gasteiger partial charge in [0.2, 0.25) is 0 Å². The highest BCUT2D eigenvalue weighted by Crippen LogP contribution is 2.04. The van der Waals surface area contributed by atoms with Crippen molar-refractivity contribution in [3.63, 3.8) is 0 Å². The van der Waals surface area contributed by atoms with Gasteiger partial charge in [-0.3, -0.25) is 4.79 Å². The third-order valence-corrected chi connectivity index (χ3v) is 2.51. The fourth-order valence-corrected chi connectivity index (χ4v) is 1.75. The summed E-state index contributed by atoms with van der Waals surface area (Å²) in [5.74, 6) is -1.37. The largest absolute Gasteiger partial charge is 0.481 e. The SMILES string of the molecule is CCCC(CNC(=O)NC(C)CN(C)C)C(=O)O. The number of nitrogens with zero attached hydrogens (tertiary/aromatic N) is 1. The van der Waals surface area contributed by atoms with Crippen LogP contribution in [0.5, 0.6) is 0 Å². The summed E-state index contributed by atoms with van der Waals surface area (Å²) in [5, 5.41) is 14.3. The number of rotatable bonds is 8. The van der Waals surface area contributed by atoms with Crippen molar-refractivity contribution < 1.29 is 14.7 Å².